The van der Waals surface area contributed by atoms with Crippen LogP contribution in [0.25, 0.3) is 0 Å². The van der Waals surface area contributed by atoms with Gasteiger partial charge in [0, 0.05) is 12.3 Å². The highest BCUT2D eigenvalue weighted by molar-refractivity contribution is 5.39. The van der Waals surface area contributed by atoms with Gasteiger partial charge in [0.15, 0.2) is 11.5 Å². The van der Waals surface area contributed by atoms with E-state index < -0.39 is 0 Å². The van der Waals surface area contributed by atoms with E-state index in [-0.39, 0.29) is 5.56 Å². The Balaban J connectivity index is 1.98. The minimum atomic E-state index is -0.0105. The summed E-state index contributed by atoms with van der Waals surface area (Å²) in [5.74, 6) is 1.38. The zero-order chi connectivity index (χ0) is 13.7. The van der Waals surface area contributed by atoms with Gasteiger partial charge in [0.2, 0.25) is 0 Å². The zero-order valence-corrected chi connectivity index (χ0v) is 11.1. The fraction of sp³-hybridized carbons (Fsp3) is 0.267. The van der Waals surface area contributed by atoms with Crippen molar-refractivity contribution in [1.82, 2.24) is 4.57 Å². The molecule has 4 heteroatoms. The first-order valence-corrected chi connectivity index (χ1v) is 6.13. The number of rotatable bonds is 5. The summed E-state index contributed by atoms with van der Waals surface area (Å²) >= 11 is 0. The fourth-order valence-corrected chi connectivity index (χ4v) is 1.78. The molecule has 0 atom stereocenters. The van der Waals surface area contributed by atoms with Crippen LogP contribution < -0.4 is 15.0 Å². The highest BCUT2D eigenvalue weighted by Crippen LogP contribution is 2.25. The monoisotopic (exact) mass is 259 g/mol. The molecule has 0 aliphatic carbocycles. The summed E-state index contributed by atoms with van der Waals surface area (Å²) in [5.41, 5.74) is 0.954. The van der Waals surface area contributed by atoms with Crippen molar-refractivity contribution in [2.75, 3.05) is 13.7 Å². The van der Waals surface area contributed by atoms with Crippen LogP contribution in [0.4, 0.5) is 0 Å². The molecule has 0 amide bonds. The molecule has 0 fully saturated rings. The van der Waals surface area contributed by atoms with Crippen LogP contribution in [0.2, 0.25) is 0 Å². The van der Waals surface area contributed by atoms with Crippen LogP contribution >= 0.6 is 0 Å². The zero-order valence-electron chi connectivity index (χ0n) is 11.1. The first-order valence-electron chi connectivity index (χ1n) is 6.13. The van der Waals surface area contributed by atoms with Crippen molar-refractivity contribution in [3.63, 3.8) is 0 Å². The summed E-state index contributed by atoms with van der Waals surface area (Å²) in [5, 5.41) is 0. The Kier molecular flexibility index (Phi) is 4.23. The van der Waals surface area contributed by atoms with Crippen molar-refractivity contribution in [3.8, 4) is 11.5 Å². The van der Waals surface area contributed by atoms with Crippen LogP contribution in [0.5, 0.6) is 11.5 Å². The lowest BCUT2D eigenvalue weighted by atomic mass is 10.3. The van der Waals surface area contributed by atoms with Crippen molar-refractivity contribution >= 4 is 0 Å². The lowest BCUT2D eigenvalue weighted by Crippen LogP contribution is -2.22. The Morgan fingerprint density at radius 2 is 1.89 bits per heavy atom. The summed E-state index contributed by atoms with van der Waals surface area (Å²) < 4.78 is 12.5. The van der Waals surface area contributed by atoms with Crippen molar-refractivity contribution < 1.29 is 9.47 Å². The number of methoxy groups -OCH3 is 1. The molecule has 19 heavy (non-hydrogen) atoms. The average molecular weight is 259 g/mol. The Hall–Kier alpha value is -2.23. The van der Waals surface area contributed by atoms with Gasteiger partial charge in [-0.1, -0.05) is 12.1 Å². The van der Waals surface area contributed by atoms with Crippen LogP contribution in [0, 0.1) is 6.92 Å². The number of hydrogen-bond acceptors (Lipinski definition) is 3. The number of nitrogens with zero attached hydrogens (tertiary/aromatic N) is 1. The molecular weight excluding hydrogens is 242 g/mol. The summed E-state index contributed by atoms with van der Waals surface area (Å²) in [7, 11) is 1.60. The Bertz CT molecular complexity index is 604. The van der Waals surface area contributed by atoms with Crippen molar-refractivity contribution in [1.29, 1.82) is 0 Å². The SMILES string of the molecule is COc1ccccc1OCCn1ccc(C)cc1=O. The highest BCUT2D eigenvalue weighted by Gasteiger charge is 2.02. The van der Waals surface area contributed by atoms with Gasteiger partial charge >= 0.3 is 0 Å². The predicted molar refractivity (Wildman–Crippen MR) is 73.9 cm³/mol. The molecule has 2 aromatic rings. The summed E-state index contributed by atoms with van der Waals surface area (Å²) in [6.45, 7) is 2.83. The number of ether oxygens (including phenoxy) is 2. The van der Waals surface area contributed by atoms with Gasteiger partial charge < -0.3 is 14.0 Å². The lowest BCUT2D eigenvalue weighted by molar-refractivity contribution is 0.278. The Labute approximate surface area is 112 Å². The number of benzene rings is 1. The number of hydrogen-bond donors (Lipinski definition) is 0. The Morgan fingerprint density at radius 1 is 1.16 bits per heavy atom. The maximum Gasteiger partial charge on any atom is 0.250 e. The fourth-order valence-electron chi connectivity index (χ4n) is 1.78. The minimum Gasteiger partial charge on any atom is -0.493 e. The maximum atomic E-state index is 11.7. The second kappa shape index (κ2) is 6.09. The molecule has 0 unspecified atom stereocenters. The van der Waals surface area contributed by atoms with Crippen LogP contribution in [0.15, 0.2) is 47.4 Å². The van der Waals surface area contributed by atoms with Crippen molar-refractivity contribution in [3.05, 3.63) is 58.5 Å². The molecule has 1 aromatic carbocycles. The van der Waals surface area contributed by atoms with Crippen LogP contribution in [0.1, 0.15) is 5.56 Å². The number of aryl methyl sites for hydroxylation is 1. The van der Waals surface area contributed by atoms with E-state index in [1.807, 2.05) is 37.3 Å². The molecule has 0 saturated carbocycles. The molecule has 0 radical (unpaired) electrons. The molecule has 0 saturated heterocycles. The van der Waals surface area contributed by atoms with Gasteiger partial charge in [-0.05, 0) is 30.7 Å². The van der Waals surface area contributed by atoms with E-state index in [9.17, 15) is 4.79 Å². The van der Waals surface area contributed by atoms with Gasteiger partial charge in [-0.2, -0.15) is 0 Å². The summed E-state index contributed by atoms with van der Waals surface area (Å²) in [4.78, 5) is 11.7. The van der Waals surface area contributed by atoms with E-state index in [4.69, 9.17) is 9.47 Å². The first kappa shape index (κ1) is 13.2. The van der Waals surface area contributed by atoms with Gasteiger partial charge in [-0.3, -0.25) is 4.79 Å². The van der Waals surface area contributed by atoms with E-state index >= 15 is 0 Å². The Morgan fingerprint density at radius 3 is 2.58 bits per heavy atom. The van der Waals surface area contributed by atoms with Crippen molar-refractivity contribution in [2.45, 2.75) is 13.5 Å². The quantitative estimate of drug-likeness (QED) is 0.826. The van der Waals surface area contributed by atoms with E-state index in [1.54, 1.807) is 23.9 Å². The molecule has 0 aliphatic rings. The average Bonchev–Trinajstić information content (AvgIpc) is 2.42. The van der Waals surface area contributed by atoms with Crippen LogP contribution in [-0.2, 0) is 6.54 Å². The molecule has 0 spiro atoms. The first-order chi connectivity index (χ1) is 9.20. The largest absolute Gasteiger partial charge is 0.493 e. The lowest BCUT2D eigenvalue weighted by Gasteiger charge is -2.11. The third-order valence-corrected chi connectivity index (χ3v) is 2.81. The summed E-state index contributed by atoms with van der Waals surface area (Å²) in [6, 6.07) is 11.0. The highest BCUT2D eigenvalue weighted by atomic mass is 16.5. The molecule has 100 valence electrons. The second-order valence-corrected chi connectivity index (χ2v) is 4.24. The number of aromatic nitrogens is 1. The van der Waals surface area contributed by atoms with Crippen LogP contribution in [-0.4, -0.2) is 18.3 Å². The van der Waals surface area contributed by atoms with E-state index in [2.05, 4.69) is 0 Å². The minimum absolute atomic E-state index is 0.0105. The second-order valence-electron chi connectivity index (χ2n) is 4.24. The smallest absolute Gasteiger partial charge is 0.250 e. The summed E-state index contributed by atoms with van der Waals surface area (Å²) in [6.07, 6.45) is 1.78. The van der Waals surface area contributed by atoms with Crippen LogP contribution in [0.3, 0.4) is 0 Å². The van der Waals surface area contributed by atoms with Gasteiger partial charge in [0.05, 0.1) is 13.7 Å². The van der Waals surface area contributed by atoms with E-state index in [1.165, 1.54) is 0 Å². The topological polar surface area (TPSA) is 40.5 Å². The molecule has 2 rings (SSSR count). The predicted octanol–water partition coefficient (Wildman–Crippen LogP) is 2.24. The van der Waals surface area contributed by atoms with Crippen molar-refractivity contribution in [2.24, 2.45) is 0 Å². The van der Waals surface area contributed by atoms with Gasteiger partial charge in [0.1, 0.15) is 6.61 Å². The van der Waals surface area contributed by atoms with E-state index in [0.29, 0.717) is 24.7 Å². The molecule has 1 aromatic heterocycles. The molecule has 0 N–H and O–H groups in total. The molecule has 1 heterocycles. The van der Waals surface area contributed by atoms with Gasteiger partial charge in [-0.25, -0.2) is 0 Å². The third kappa shape index (κ3) is 3.37. The number of pyridine rings is 1. The van der Waals surface area contributed by atoms with Gasteiger partial charge in [-0.15, -0.1) is 0 Å². The molecule has 0 aliphatic heterocycles. The van der Waals surface area contributed by atoms with Gasteiger partial charge in [0.25, 0.3) is 5.56 Å². The third-order valence-electron chi connectivity index (χ3n) is 2.81. The maximum absolute atomic E-state index is 11.7. The molecular formula is C15H17NO3. The number of para-hydroxylation sites is 2. The molecule has 0 bridgehead atoms. The standard InChI is InChI=1S/C15H17NO3/c1-12-7-8-16(15(17)11-12)9-10-19-14-6-4-3-5-13(14)18-2/h3-8,11H,9-10H2,1-2H3. The van der Waals surface area contributed by atoms with E-state index in [0.717, 1.165) is 5.56 Å². The molecule has 4 nitrogen and oxygen atoms in total. The normalized spacial score (nSPS) is 10.2.